The Bertz CT molecular complexity index is 931. The van der Waals surface area contributed by atoms with Crippen LogP contribution in [0.4, 0.5) is 0 Å². The van der Waals surface area contributed by atoms with Crippen LogP contribution >= 0.6 is 11.8 Å². The van der Waals surface area contributed by atoms with Gasteiger partial charge in [0.2, 0.25) is 0 Å². The van der Waals surface area contributed by atoms with E-state index < -0.39 is 0 Å². The van der Waals surface area contributed by atoms with Gasteiger partial charge >= 0.3 is 0 Å². The Morgan fingerprint density at radius 1 is 1.14 bits per heavy atom. The summed E-state index contributed by atoms with van der Waals surface area (Å²) in [4.78, 5) is 15.1. The van der Waals surface area contributed by atoms with Crippen LogP contribution in [-0.2, 0) is 12.2 Å². The van der Waals surface area contributed by atoms with E-state index >= 15 is 0 Å². The van der Waals surface area contributed by atoms with Crippen molar-refractivity contribution in [2.75, 3.05) is 26.9 Å². The Morgan fingerprint density at radius 3 is 2.50 bits per heavy atom. The quantitative estimate of drug-likeness (QED) is 0.589. The highest BCUT2D eigenvalue weighted by atomic mass is 32.2. The molecule has 0 spiro atoms. The number of hydrogen-bond donors (Lipinski definition) is 1. The van der Waals surface area contributed by atoms with Gasteiger partial charge in [-0.3, -0.25) is 4.79 Å². The minimum absolute atomic E-state index is 0.100. The summed E-state index contributed by atoms with van der Waals surface area (Å²) in [5, 5.41) is 4.10. The zero-order chi connectivity index (χ0) is 20.1. The van der Waals surface area contributed by atoms with Crippen molar-refractivity contribution in [2.24, 2.45) is 0 Å². The lowest BCUT2D eigenvalue weighted by Crippen LogP contribution is -2.34. The first-order valence-electron chi connectivity index (χ1n) is 9.58. The van der Waals surface area contributed by atoms with Crippen molar-refractivity contribution in [3.05, 3.63) is 71.0 Å². The molecule has 1 amide bonds. The first-order chi connectivity index (χ1) is 13.5. The molecule has 0 aliphatic rings. The molecule has 0 bridgehead atoms. The number of benzene rings is 2. The molecule has 0 saturated carbocycles. The Balaban J connectivity index is 1.79. The molecule has 2 aromatic carbocycles. The van der Waals surface area contributed by atoms with Gasteiger partial charge in [-0.05, 0) is 44.0 Å². The third kappa shape index (κ3) is 4.42. The van der Waals surface area contributed by atoms with Gasteiger partial charge in [0.25, 0.3) is 5.91 Å². The number of likely N-dealkylation sites (N-methyl/N-ethyl adjacent to an activating group) is 1. The van der Waals surface area contributed by atoms with Crippen LogP contribution in [0, 0.1) is 0 Å². The third-order valence-electron chi connectivity index (χ3n) is 5.05. The van der Waals surface area contributed by atoms with Crippen molar-refractivity contribution in [3.63, 3.8) is 0 Å². The van der Waals surface area contributed by atoms with Crippen molar-refractivity contribution < 1.29 is 9.21 Å². The summed E-state index contributed by atoms with van der Waals surface area (Å²) in [5.74, 6) is 1.02. The molecule has 0 radical (unpaired) electrons. The summed E-state index contributed by atoms with van der Waals surface area (Å²) in [6.45, 7) is 2.67. The minimum atomic E-state index is -0.155. The van der Waals surface area contributed by atoms with Crippen LogP contribution < -0.4 is 5.32 Å². The van der Waals surface area contributed by atoms with E-state index in [1.165, 1.54) is 11.1 Å². The van der Waals surface area contributed by atoms with E-state index in [4.69, 9.17) is 4.42 Å². The molecule has 1 atom stereocenters. The van der Waals surface area contributed by atoms with Crippen LogP contribution in [0.25, 0.3) is 11.0 Å². The summed E-state index contributed by atoms with van der Waals surface area (Å²) in [6.07, 6.45) is 3.05. The van der Waals surface area contributed by atoms with E-state index in [0.717, 1.165) is 28.7 Å². The van der Waals surface area contributed by atoms with E-state index in [1.807, 2.05) is 44.6 Å². The highest BCUT2D eigenvalue weighted by molar-refractivity contribution is 7.97. The van der Waals surface area contributed by atoms with Crippen LogP contribution in [-0.4, -0.2) is 37.7 Å². The van der Waals surface area contributed by atoms with E-state index in [1.54, 1.807) is 11.8 Å². The largest absolute Gasteiger partial charge is 0.451 e. The number of fused-ring (bicyclic) bond motifs is 1. The maximum atomic E-state index is 12.9. The molecule has 3 aromatic rings. The smallest absolute Gasteiger partial charge is 0.287 e. The van der Waals surface area contributed by atoms with Crippen molar-refractivity contribution in [1.82, 2.24) is 10.2 Å². The highest BCUT2D eigenvalue weighted by Gasteiger charge is 2.22. The molecule has 0 saturated heterocycles. The van der Waals surface area contributed by atoms with Gasteiger partial charge in [-0.15, -0.1) is 0 Å². The molecule has 28 heavy (non-hydrogen) atoms. The van der Waals surface area contributed by atoms with Crippen molar-refractivity contribution >= 4 is 28.6 Å². The average molecular weight is 397 g/mol. The maximum absolute atomic E-state index is 12.9. The number of nitrogens with one attached hydrogen (secondary N) is 1. The lowest BCUT2D eigenvalue weighted by molar-refractivity contribution is 0.0915. The van der Waals surface area contributed by atoms with Gasteiger partial charge in [-0.2, -0.15) is 11.8 Å². The fourth-order valence-electron chi connectivity index (χ4n) is 3.41. The monoisotopic (exact) mass is 396 g/mol. The van der Waals surface area contributed by atoms with Crippen molar-refractivity contribution in [1.29, 1.82) is 0 Å². The number of para-hydroxylation sites is 1. The summed E-state index contributed by atoms with van der Waals surface area (Å²) >= 11 is 1.69. The first-order valence-corrected chi connectivity index (χ1v) is 11.0. The number of rotatable bonds is 8. The Labute approximate surface area is 171 Å². The molecular weight excluding hydrogens is 368 g/mol. The number of hydrogen-bond acceptors (Lipinski definition) is 4. The lowest BCUT2D eigenvalue weighted by atomic mass is 10.0. The van der Waals surface area contributed by atoms with Crippen LogP contribution in [0.15, 0.2) is 52.9 Å². The number of carbonyl (C=O) groups excluding carboxylic acids is 1. The highest BCUT2D eigenvalue weighted by Crippen LogP contribution is 2.29. The van der Waals surface area contributed by atoms with Crippen LogP contribution in [0.2, 0.25) is 0 Å². The van der Waals surface area contributed by atoms with Gasteiger partial charge in [-0.25, -0.2) is 0 Å². The number of furan rings is 1. The molecule has 4 nitrogen and oxygen atoms in total. The number of aryl methyl sites for hydroxylation is 1. The molecule has 148 valence electrons. The van der Waals surface area contributed by atoms with E-state index in [2.05, 4.69) is 41.4 Å². The van der Waals surface area contributed by atoms with Crippen LogP contribution in [0.1, 0.15) is 40.2 Å². The molecule has 0 fully saturated rings. The average Bonchev–Trinajstić information content (AvgIpc) is 3.07. The molecule has 0 aliphatic heterocycles. The normalized spacial score (nSPS) is 12.5. The summed E-state index contributed by atoms with van der Waals surface area (Å²) in [6, 6.07) is 16.5. The second kappa shape index (κ2) is 9.30. The van der Waals surface area contributed by atoms with Gasteiger partial charge in [-0.1, -0.05) is 49.4 Å². The molecular formula is C23H28N2O2S. The minimum Gasteiger partial charge on any atom is -0.451 e. The Hall–Kier alpha value is -2.24. The molecule has 0 aliphatic carbocycles. The standard InChI is InChI=1S/C23H28N2O2S/c1-5-16-10-12-17(13-11-16)20(25(2)3)14-24-23(26)22-19(15-28-4)18-8-6-7-9-21(18)27-22/h6-13,20H,5,14-15H2,1-4H3,(H,24,26)/t20-/m1/s1. The van der Waals surface area contributed by atoms with Gasteiger partial charge in [0, 0.05) is 23.2 Å². The van der Waals surface area contributed by atoms with E-state index in [9.17, 15) is 4.79 Å². The Kier molecular flexibility index (Phi) is 6.81. The SMILES string of the molecule is CCc1ccc([C@@H](CNC(=O)c2oc3ccccc3c2CSC)N(C)C)cc1. The molecule has 1 heterocycles. The van der Waals surface area contributed by atoms with Gasteiger partial charge in [0.05, 0.1) is 6.04 Å². The van der Waals surface area contributed by atoms with E-state index in [-0.39, 0.29) is 11.9 Å². The van der Waals surface area contributed by atoms with Crippen molar-refractivity contribution in [2.45, 2.75) is 25.1 Å². The third-order valence-corrected chi connectivity index (χ3v) is 5.62. The first kappa shape index (κ1) is 20.5. The zero-order valence-corrected chi connectivity index (χ0v) is 17.8. The van der Waals surface area contributed by atoms with Gasteiger partial charge < -0.3 is 14.6 Å². The fraction of sp³-hybridized carbons (Fsp3) is 0.348. The Morgan fingerprint density at radius 2 is 1.86 bits per heavy atom. The predicted octanol–water partition coefficient (Wildman–Crippen LogP) is 4.89. The van der Waals surface area contributed by atoms with Crippen molar-refractivity contribution in [3.8, 4) is 0 Å². The van der Waals surface area contributed by atoms with Gasteiger partial charge in [0.1, 0.15) is 5.58 Å². The van der Waals surface area contributed by atoms with Crippen LogP contribution in [0.5, 0.6) is 0 Å². The lowest BCUT2D eigenvalue weighted by Gasteiger charge is -2.25. The molecule has 1 aromatic heterocycles. The number of amides is 1. The second-order valence-corrected chi connectivity index (χ2v) is 7.99. The number of thioether (sulfide) groups is 1. The summed E-state index contributed by atoms with van der Waals surface area (Å²) in [5.41, 5.74) is 4.23. The molecule has 5 heteroatoms. The predicted molar refractivity (Wildman–Crippen MR) is 118 cm³/mol. The zero-order valence-electron chi connectivity index (χ0n) is 17.0. The summed E-state index contributed by atoms with van der Waals surface area (Å²) < 4.78 is 5.90. The molecule has 3 rings (SSSR count). The topological polar surface area (TPSA) is 45.5 Å². The number of nitrogens with zero attached hydrogens (tertiary/aromatic N) is 1. The molecule has 0 unspecified atom stereocenters. The van der Waals surface area contributed by atoms with E-state index in [0.29, 0.717) is 12.3 Å². The van der Waals surface area contributed by atoms with Crippen LogP contribution in [0.3, 0.4) is 0 Å². The van der Waals surface area contributed by atoms with Gasteiger partial charge in [0.15, 0.2) is 5.76 Å². The fourth-order valence-corrected chi connectivity index (χ4v) is 3.99. The molecule has 1 N–H and O–H groups in total. The second-order valence-electron chi connectivity index (χ2n) is 7.12. The number of carbonyl (C=O) groups is 1. The summed E-state index contributed by atoms with van der Waals surface area (Å²) in [7, 11) is 4.07. The maximum Gasteiger partial charge on any atom is 0.287 e.